The van der Waals surface area contributed by atoms with Crippen molar-refractivity contribution in [1.82, 2.24) is 20.9 Å². The Labute approximate surface area is 176 Å². The SMILES string of the molecule is CCNC(=NCC1(CC)CCCC1)NC1CCN(CC(=O)NC)CC1.I. The predicted octanol–water partition coefficient (Wildman–Crippen LogP) is 2.34. The van der Waals surface area contributed by atoms with Crippen molar-refractivity contribution in [2.75, 3.05) is 39.8 Å². The van der Waals surface area contributed by atoms with Crippen LogP contribution in [-0.4, -0.2) is 62.6 Å². The summed E-state index contributed by atoms with van der Waals surface area (Å²) in [6.45, 7) is 8.69. The Bertz CT molecular complexity index is 443. The van der Waals surface area contributed by atoms with Crippen LogP contribution in [0.2, 0.25) is 0 Å². The summed E-state index contributed by atoms with van der Waals surface area (Å²) in [5.41, 5.74) is 0.430. The van der Waals surface area contributed by atoms with Crippen molar-refractivity contribution in [3.8, 4) is 0 Å². The van der Waals surface area contributed by atoms with E-state index in [4.69, 9.17) is 4.99 Å². The Morgan fingerprint density at radius 2 is 1.85 bits per heavy atom. The third-order valence-corrected chi connectivity index (χ3v) is 5.91. The van der Waals surface area contributed by atoms with E-state index in [0.717, 1.165) is 45.0 Å². The van der Waals surface area contributed by atoms with Gasteiger partial charge in [0.25, 0.3) is 0 Å². The van der Waals surface area contributed by atoms with Crippen LogP contribution in [0.5, 0.6) is 0 Å². The van der Waals surface area contributed by atoms with E-state index in [9.17, 15) is 4.79 Å². The van der Waals surface area contributed by atoms with E-state index in [2.05, 4.69) is 34.7 Å². The van der Waals surface area contributed by atoms with Gasteiger partial charge in [-0.3, -0.25) is 14.7 Å². The van der Waals surface area contributed by atoms with Crippen LogP contribution in [0, 0.1) is 5.41 Å². The normalized spacial score (nSPS) is 21.1. The molecule has 1 saturated carbocycles. The maximum Gasteiger partial charge on any atom is 0.233 e. The van der Waals surface area contributed by atoms with Crippen molar-refractivity contribution >= 4 is 35.8 Å². The van der Waals surface area contributed by atoms with Gasteiger partial charge < -0.3 is 16.0 Å². The number of hydrogen-bond donors (Lipinski definition) is 3. The lowest BCUT2D eigenvalue weighted by Gasteiger charge is -2.33. The van der Waals surface area contributed by atoms with Crippen LogP contribution in [0.3, 0.4) is 0 Å². The molecule has 0 bridgehead atoms. The van der Waals surface area contributed by atoms with Gasteiger partial charge in [-0.25, -0.2) is 0 Å². The van der Waals surface area contributed by atoms with Crippen LogP contribution >= 0.6 is 24.0 Å². The molecular formula is C19H38IN5O. The molecule has 1 aliphatic carbocycles. The highest BCUT2D eigenvalue weighted by molar-refractivity contribution is 14.0. The van der Waals surface area contributed by atoms with Crippen molar-refractivity contribution in [3.63, 3.8) is 0 Å². The van der Waals surface area contributed by atoms with E-state index in [1.54, 1.807) is 7.05 Å². The number of rotatable bonds is 7. The Morgan fingerprint density at radius 1 is 1.19 bits per heavy atom. The summed E-state index contributed by atoms with van der Waals surface area (Å²) in [5.74, 6) is 1.06. The van der Waals surface area contributed by atoms with Gasteiger partial charge in [0.1, 0.15) is 0 Å². The molecule has 7 heteroatoms. The van der Waals surface area contributed by atoms with E-state index in [-0.39, 0.29) is 29.9 Å². The number of amides is 1. The lowest BCUT2D eigenvalue weighted by Crippen LogP contribution is -2.50. The second-order valence-corrected chi connectivity index (χ2v) is 7.62. The van der Waals surface area contributed by atoms with Gasteiger partial charge in [-0.1, -0.05) is 19.8 Å². The van der Waals surface area contributed by atoms with Crippen LogP contribution < -0.4 is 16.0 Å². The first-order valence-electron chi connectivity index (χ1n) is 10.1. The minimum Gasteiger partial charge on any atom is -0.358 e. The molecule has 2 aliphatic rings. The van der Waals surface area contributed by atoms with E-state index in [0.29, 0.717) is 18.0 Å². The number of aliphatic imine (C=N–C) groups is 1. The average molecular weight is 479 g/mol. The fourth-order valence-corrected chi connectivity index (χ4v) is 4.03. The van der Waals surface area contributed by atoms with Crippen molar-refractivity contribution in [2.45, 2.75) is 64.8 Å². The number of nitrogens with zero attached hydrogens (tertiary/aromatic N) is 2. The Balaban J connectivity index is 0.00000338. The predicted molar refractivity (Wildman–Crippen MR) is 119 cm³/mol. The first kappa shape index (κ1) is 23.5. The molecule has 0 unspecified atom stereocenters. The van der Waals surface area contributed by atoms with Crippen LogP contribution in [-0.2, 0) is 4.79 Å². The third-order valence-electron chi connectivity index (χ3n) is 5.91. The number of carbonyl (C=O) groups is 1. The number of likely N-dealkylation sites (N-methyl/N-ethyl adjacent to an activating group) is 1. The van der Waals surface area contributed by atoms with Gasteiger partial charge in [0.2, 0.25) is 5.91 Å². The fraction of sp³-hybridized carbons (Fsp3) is 0.895. The second kappa shape index (κ2) is 12.0. The number of hydrogen-bond acceptors (Lipinski definition) is 3. The van der Waals surface area contributed by atoms with Crippen molar-refractivity contribution in [2.24, 2.45) is 10.4 Å². The maximum absolute atomic E-state index is 11.5. The zero-order valence-corrected chi connectivity index (χ0v) is 19.1. The molecule has 1 amide bonds. The van der Waals surface area contributed by atoms with Crippen molar-refractivity contribution in [1.29, 1.82) is 0 Å². The molecule has 2 fully saturated rings. The maximum atomic E-state index is 11.5. The number of guanidine groups is 1. The van der Waals surface area contributed by atoms with Gasteiger partial charge in [0, 0.05) is 39.3 Å². The Morgan fingerprint density at radius 3 is 2.38 bits per heavy atom. The Hall–Kier alpha value is -0.570. The zero-order valence-electron chi connectivity index (χ0n) is 16.8. The van der Waals surface area contributed by atoms with Crippen LogP contribution in [0.1, 0.15) is 58.8 Å². The smallest absolute Gasteiger partial charge is 0.233 e. The van der Waals surface area contributed by atoms with Crippen molar-refractivity contribution in [3.05, 3.63) is 0 Å². The highest BCUT2D eigenvalue weighted by atomic mass is 127. The summed E-state index contributed by atoms with van der Waals surface area (Å²) < 4.78 is 0. The van der Waals surface area contributed by atoms with Gasteiger partial charge in [-0.05, 0) is 44.4 Å². The van der Waals surface area contributed by atoms with Crippen LogP contribution in [0.15, 0.2) is 4.99 Å². The Kier molecular flexibility index (Phi) is 10.8. The van der Waals surface area contributed by atoms with Crippen LogP contribution in [0.25, 0.3) is 0 Å². The summed E-state index contributed by atoms with van der Waals surface area (Å²) in [4.78, 5) is 18.7. The summed E-state index contributed by atoms with van der Waals surface area (Å²) in [6, 6.07) is 0.444. The van der Waals surface area contributed by atoms with Crippen LogP contribution in [0.4, 0.5) is 0 Å². The highest BCUT2D eigenvalue weighted by Crippen LogP contribution is 2.41. The molecule has 6 nitrogen and oxygen atoms in total. The van der Waals surface area contributed by atoms with Gasteiger partial charge >= 0.3 is 0 Å². The molecule has 1 aliphatic heterocycles. The molecule has 1 heterocycles. The molecule has 0 aromatic carbocycles. The first-order chi connectivity index (χ1) is 12.1. The topological polar surface area (TPSA) is 68.8 Å². The lowest BCUT2D eigenvalue weighted by atomic mass is 9.84. The fourth-order valence-electron chi connectivity index (χ4n) is 4.03. The number of halogens is 1. The molecule has 0 aromatic heterocycles. The molecule has 0 radical (unpaired) electrons. The molecule has 152 valence electrons. The van der Waals surface area contributed by atoms with Gasteiger partial charge in [-0.15, -0.1) is 24.0 Å². The van der Waals surface area contributed by atoms with Gasteiger partial charge in [-0.2, -0.15) is 0 Å². The number of piperidine rings is 1. The van der Waals surface area contributed by atoms with E-state index in [1.165, 1.54) is 32.1 Å². The minimum absolute atomic E-state index is 0. The number of carbonyl (C=O) groups excluding carboxylic acids is 1. The summed E-state index contributed by atoms with van der Waals surface area (Å²) >= 11 is 0. The van der Waals surface area contributed by atoms with E-state index >= 15 is 0 Å². The molecule has 0 spiro atoms. The molecule has 1 saturated heterocycles. The molecule has 26 heavy (non-hydrogen) atoms. The minimum atomic E-state index is 0. The summed E-state index contributed by atoms with van der Waals surface area (Å²) in [5, 5.41) is 9.73. The number of nitrogens with one attached hydrogen (secondary N) is 3. The lowest BCUT2D eigenvalue weighted by molar-refractivity contribution is -0.122. The van der Waals surface area contributed by atoms with E-state index < -0.39 is 0 Å². The quantitative estimate of drug-likeness (QED) is 0.298. The zero-order chi connectivity index (χ0) is 18.1. The average Bonchev–Trinajstić information content (AvgIpc) is 3.11. The third kappa shape index (κ3) is 7.21. The standard InChI is InChI=1S/C19H37N5O.HI/c1-4-19(10-6-7-11-19)15-22-18(21-5-2)23-16-8-12-24(13-9-16)14-17(25)20-3;/h16H,4-15H2,1-3H3,(H,20,25)(H2,21,22,23);1H. The molecule has 2 rings (SSSR count). The molecule has 0 aromatic rings. The first-order valence-corrected chi connectivity index (χ1v) is 10.1. The summed E-state index contributed by atoms with van der Waals surface area (Å²) in [6.07, 6.45) is 8.71. The van der Waals surface area contributed by atoms with Crippen molar-refractivity contribution < 1.29 is 4.79 Å². The number of likely N-dealkylation sites (tertiary alicyclic amines) is 1. The molecule has 0 atom stereocenters. The molecule has 3 N–H and O–H groups in total. The second-order valence-electron chi connectivity index (χ2n) is 7.62. The summed E-state index contributed by atoms with van der Waals surface area (Å²) in [7, 11) is 1.70. The van der Waals surface area contributed by atoms with Gasteiger partial charge in [0.15, 0.2) is 5.96 Å². The molecular weight excluding hydrogens is 441 g/mol. The monoisotopic (exact) mass is 479 g/mol. The van der Waals surface area contributed by atoms with E-state index in [1.807, 2.05) is 0 Å². The largest absolute Gasteiger partial charge is 0.358 e. The highest BCUT2D eigenvalue weighted by Gasteiger charge is 2.32. The van der Waals surface area contributed by atoms with Gasteiger partial charge in [0.05, 0.1) is 6.54 Å².